The molecule has 1 N–H and O–H groups in total. The average molecular weight is 222 g/mol. The van der Waals surface area contributed by atoms with Crippen LogP contribution >= 0.6 is 0 Å². The summed E-state index contributed by atoms with van der Waals surface area (Å²) in [6.45, 7) is 5.81. The minimum absolute atomic E-state index is 0.108. The van der Waals surface area contributed by atoms with Crippen molar-refractivity contribution in [2.24, 2.45) is 5.41 Å². The topological polar surface area (TPSA) is 54.4 Å². The Morgan fingerprint density at radius 1 is 1.29 bits per heavy atom. The van der Waals surface area contributed by atoms with Gasteiger partial charge in [0.1, 0.15) is 9.84 Å². The first kappa shape index (κ1) is 13.9. The van der Waals surface area contributed by atoms with E-state index in [-0.39, 0.29) is 23.5 Å². The summed E-state index contributed by atoms with van der Waals surface area (Å²) in [5.41, 5.74) is -0.108. The van der Waals surface area contributed by atoms with Crippen LogP contribution in [0.5, 0.6) is 0 Å². The molecule has 1 unspecified atom stereocenters. The average Bonchev–Trinajstić information content (AvgIpc) is 2.17. The first-order valence-corrected chi connectivity index (χ1v) is 7.02. The fraction of sp³-hybridized carbons (Fsp3) is 1.00. The van der Waals surface area contributed by atoms with Gasteiger partial charge in [-0.2, -0.15) is 0 Å². The molecule has 0 aliphatic carbocycles. The van der Waals surface area contributed by atoms with E-state index in [0.717, 1.165) is 12.8 Å². The zero-order valence-corrected chi connectivity index (χ0v) is 10.2. The highest BCUT2D eigenvalue weighted by atomic mass is 32.2. The largest absolute Gasteiger partial charge is 0.396 e. The third kappa shape index (κ3) is 4.96. The van der Waals surface area contributed by atoms with Crippen molar-refractivity contribution < 1.29 is 13.5 Å². The molecule has 0 aliphatic rings. The molecule has 14 heavy (non-hydrogen) atoms. The van der Waals surface area contributed by atoms with Crippen LogP contribution in [0.2, 0.25) is 0 Å². The molecular weight excluding hydrogens is 200 g/mol. The maximum absolute atomic E-state index is 11.2. The van der Waals surface area contributed by atoms with Crippen LogP contribution in [-0.4, -0.2) is 31.6 Å². The molecule has 0 rings (SSSR count). The van der Waals surface area contributed by atoms with Crippen LogP contribution in [0.15, 0.2) is 0 Å². The highest BCUT2D eigenvalue weighted by Gasteiger charge is 2.21. The molecule has 0 spiro atoms. The molecule has 0 amide bonds. The summed E-state index contributed by atoms with van der Waals surface area (Å²) in [6, 6.07) is 0. The predicted molar refractivity (Wildman–Crippen MR) is 59.0 cm³/mol. The maximum Gasteiger partial charge on any atom is 0.150 e. The highest BCUT2D eigenvalue weighted by molar-refractivity contribution is 7.91. The van der Waals surface area contributed by atoms with Crippen LogP contribution in [0.1, 0.15) is 40.0 Å². The maximum atomic E-state index is 11.2. The smallest absolute Gasteiger partial charge is 0.150 e. The summed E-state index contributed by atoms with van der Waals surface area (Å²) in [4.78, 5) is 0. The van der Waals surface area contributed by atoms with Gasteiger partial charge in [0.25, 0.3) is 0 Å². The van der Waals surface area contributed by atoms with Gasteiger partial charge in [0.15, 0.2) is 0 Å². The Labute approximate surface area is 87.4 Å². The van der Waals surface area contributed by atoms with Gasteiger partial charge in [0, 0.05) is 12.4 Å². The summed E-state index contributed by atoms with van der Waals surface area (Å²) >= 11 is 0. The summed E-state index contributed by atoms with van der Waals surface area (Å²) in [5, 5.41) is 9.12. The molecule has 0 aromatic carbocycles. The number of aliphatic hydroxyl groups excluding tert-OH is 1. The third-order valence-electron chi connectivity index (χ3n) is 2.91. The van der Waals surface area contributed by atoms with Gasteiger partial charge in [0.2, 0.25) is 0 Å². The van der Waals surface area contributed by atoms with Crippen molar-refractivity contribution >= 4 is 9.84 Å². The zero-order valence-electron chi connectivity index (χ0n) is 9.41. The van der Waals surface area contributed by atoms with E-state index in [1.807, 2.05) is 13.8 Å². The summed E-state index contributed by atoms with van der Waals surface area (Å²) < 4.78 is 22.4. The van der Waals surface area contributed by atoms with Crippen LogP contribution in [0.3, 0.4) is 0 Å². The van der Waals surface area contributed by atoms with Crippen molar-refractivity contribution in [1.82, 2.24) is 0 Å². The molecule has 0 heterocycles. The quantitative estimate of drug-likeness (QED) is 0.712. The van der Waals surface area contributed by atoms with E-state index in [1.165, 1.54) is 0 Å². The molecule has 3 nitrogen and oxygen atoms in total. The van der Waals surface area contributed by atoms with Crippen molar-refractivity contribution in [2.75, 3.05) is 18.1 Å². The summed E-state index contributed by atoms with van der Waals surface area (Å²) in [6.07, 6.45) is 2.32. The van der Waals surface area contributed by atoms with E-state index >= 15 is 0 Å². The van der Waals surface area contributed by atoms with Crippen molar-refractivity contribution in [3.8, 4) is 0 Å². The van der Waals surface area contributed by atoms with Crippen molar-refractivity contribution in [2.45, 2.75) is 40.0 Å². The molecule has 0 saturated carbocycles. The number of rotatable bonds is 7. The lowest BCUT2D eigenvalue weighted by Gasteiger charge is -2.25. The molecule has 0 aromatic heterocycles. The Bertz CT molecular complexity index is 240. The molecule has 4 heteroatoms. The van der Waals surface area contributed by atoms with Gasteiger partial charge in [-0.15, -0.1) is 0 Å². The van der Waals surface area contributed by atoms with Gasteiger partial charge in [-0.3, -0.25) is 0 Å². The molecule has 0 radical (unpaired) electrons. The standard InChI is InChI=1S/C10H22O3S/c1-4-10(3,9-11)7-6-8-14(12,13)5-2/h11H,4-9H2,1-3H3. The molecule has 0 aliphatic heterocycles. The van der Waals surface area contributed by atoms with Gasteiger partial charge in [-0.05, 0) is 24.7 Å². The number of hydrogen-bond donors (Lipinski definition) is 1. The lowest BCUT2D eigenvalue weighted by atomic mass is 9.84. The van der Waals surface area contributed by atoms with E-state index < -0.39 is 9.84 Å². The lowest BCUT2D eigenvalue weighted by molar-refractivity contribution is 0.127. The molecule has 0 fully saturated rings. The first-order chi connectivity index (χ1) is 6.39. The second kappa shape index (κ2) is 5.71. The first-order valence-electron chi connectivity index (χ1n) is 5.20. The van der Waals surface area contributed by atoms with Gasteiger partial charge < -0.3 is 5.11 Å². The van der Waals surface area contributed by atoms with E-state index in [2.05, 4.69) is 0 Å². The minimum Gasteiger partial charge on any atom is -0.396 e. The fourth-order valence-electron chi connectivity index (χ4n) is 1.23. The van der Waals surface area contributed by atoms with Crippen LogP contribution in [0.4, 0.5) is 0 Å². The second-order valence-corrected chi connectivity index (χ2v) is 6.63. The molecule has 0 aromatic rings. The number of sulfone groups is 1. The van der Waals surface area contributed by atoms with Crippen LogP contribution < -0.4 is 0 Å². The fourth-order valence-corrected chi connectivity index (χ4v) is 2.10. The Balaban J connectivity index is 3.96. The molecular formula is C10H22O3S. The SMILES string of the molecule is CCC(C)(CO)CCCS(=O)(=O)CC. The molecule has 1 atom stereocenters. The van der Waals surface area contributed by atoms with E-state index in [4.69, 9.17) is 5.11 Å². The second-order valence-electron chi connectivity index (χ2n) is 4.16. The van der Waals surface area contributed by atoms with Gasteiger partial charge in [-0.25, -0.2) is 8.42 Å². The van der Waals surface area contributed by atoms with Gasteiger partial charge in [-0.1, -0.05) is 20.8 Å². The Morgan fingerprint density at radius 3 is 2.21 bits per heavy atom. The molecule has 0 bridgehead atoms. The van der Waals surface area contributed by atoms with Crippen molar-refractivity contribution in [1.29, 1.82) is 0 Å². The van der Waals surface area contributed by atoms with Crippen molar-refractivity contribution in [3.63, 3.8) is 0 Å². The number of aliphatic hydroxyl groups is 1. The van der Waals surface area contributed by atoms with Gasteiger partial charge in [0.05, 0.1) is 5.75 Å². The van der Waals surface area contributed by atoms with Crippen LogP contribution in [-0.2, 0) is 9.84 Å². The Morgan fingerprint density at radius 2 is 1.86 bits per heavy atom. The molecule has 86 valence electrons. The minimum atomic E-state index is -2.84. The monoisotopic (exact) mass is 222 g/mol. The lowest BCUT2D eigenvalue weighted by Crippen LogP contribution is -2.21. The van der Waals surface area contributed by atoms with E-state index in [0.29, 0.717) is 6.42 Å². The van der Waals surface area contributed by atoms with E-state index in [1.54, 1.807) is 6.92 Å². The van der Waals surface area contributed by atoms with Gasteiger partial charge >= 0.3 is 0 Å². The number of hydrogen-bond acceptors (Lipinski definition) is 3. The Kier molecular flexibility index (Phi) is 5.67. The summed E-state index contributed by atoms with van der Waals surface area (Å²) in [5.74, 6) is 0.466. The Hall–Kier alpha value is -0.0900. The third-order valence-corrected chi connectivity index (χ3v) is 4.70. The van der Waals surface area contributed by atoms with Crippen molar-refractivity contribution in [3.05, 3.63) is 0 Å². The highest BCUT2D eigenvalue weighted by Crippen LogP contribution is 2.26. The molecule has 0 saturated heterocycles. The predicted octanol–water partition coefficient (Wildman–Crippen LogP) is 1.61. The van der Waals surface area contributed by atoms with Crippen LogP contribution in [0.25, 0.3) is 0 Å². The zero-order chi connectivity index (χ0) is 11.2. The van der Waals surface area contributed by atoms with E-state index in [9.17, 15) is 8.42 Å². The normalized spacial score (nSPS) is 16.6. The summed E-state index contributed by atoms with van der Waals surface area (Å²) in [7, 11) is -2.84. The van der Waals surface area contributed by atoms with Crippen LogP contribution in [0, 0.1) is 5.41 Å².